The summed E-state index contributed by atoms with van der Waals surface area (Å²) < 4.78 is 0. The summed E-state index contributed by atoms with van der Waals surface area (Å²) in [5.41, 5.74) is 1.08. The highest BCUT2D eigenvalue weighted by Gasteiger charge is 2.35. The van der Waals surface area contributed by atoms with Crippen molar-refractivity contribution >= 4 is 5.91 Å². The topological polar surface area (TPSA) is 52.9 Å². The van der Waals surface area contributed by atoms with E-state index in [9.17, 15) is 10.1 Å². The molecule has 1 aliphatic carbocycles. The lowest BCUT2D eigenvalue weighted by Gasteiger charge is -2.22. The van der Waals surface area contributed by atoms with Crippen LogP contribution in [0.1, 0.15) is 48.5 Å². The number of rotatable bonds is 3. The fourth-order valence-corrected chi connectivity index (χ4v) is 2.58. The van der Waals surface area contributed by atoms with Gasteiger partial charge in [-0.1, -0.05) is 25.1 Å². The van der Waals surface area contributed by atoms with Gasteiger partial charge in [0.25, 0.3) is 5.91 Å². The van der Waals surface area contributed by atoms with E-state index in [1.54, 1.807) is 0 Å². The van der Waals surface area contributed by atoms with Crippen molar-refractivity contribution in [2.24, 2.45) is 0 Å². The van der Waals surface area contributed by atoms with Crippen molar-refractivity contribution in [3.8, 4) is 6.07 Å². The minimum atomic E-state index is -0.641. The van der Waals surface area contributed by atoms with Gasteiger partial charge in [0.2, 0.25) is 0 Å². The minimum Gasteiger partial charge on any atom is -0.334 e. The van der Waals surface area contributed by atoms with Gasteiger partial charge in [-0.25, -0.2) is 0 Å². The number of hydrogen-bond acceptors (Lipinski definition) is 2. The van der Waals surface area contributed by atoms with Gasteiger partial charge in [0.1, 0.15) is 5.54 Å². The Hall–Kier alpha value is -1.82. The Morgan fingerprint density at radius 1 is 1.39 bits per heavy atom. The Balaban J connectivity index is 2.19. The highest BCUT2D eigenvalue weighted by atomic mass is 16.1. The van der Waals surface area contributed by atoms with E-state index in [4.69, 9.17) is 0 Å². The van der Waals surface area contributed by atoms with Crippen molar-refractivity contribution in [3.05, 3.63) is 35.4 Å². The Bertz CT molecular complexity index is 482. The van der Waals surface area contributed by atoms with E-state index in [2.05, 4.69) is 11.4 Å². The second-order valence-electron chi connectivity index (χ2n) is 4.87. The Morgan fingerprint density at radius 3 is 2.67 bits per heavy atom. The second kappa shape index (κ2) is 5.22. The third kappa shape index (κ3) is 2.38. The van der Waals surface area contributed by atoms with E-state index in [-0.39, 0.29) is 5.91 Å². The number of nitrogens with one attached hydrogen (secondary N) is 1. The molecule has 0 aliphatic heterocycles. The monoisotopic (exact) mass is 242 g/mol. The molecule has 2 rings (SSSR count). The zero-order valence-electron chi connectivity index (χ0n) is 10.7. The lowest BCUT2D eigenvalue weighted by atomic mass is 9.97. The van der Waals surface area contributed by atoms with E-state index < -0.39 is 5.54 Å². The van der Waals surface area contributed by atoms with Gasteiger partial charge in [-0.2, -0.15) is 5.26 Å². The molecular weight excluding hydrogens is 224 g/mol. The first-order chi connectivity index (χ1) is 8.71. The van der Waals surface area contributed by atoms with Crippen molar-refractivity contribution in [2.75, 3.05) is 0 Å². The Morgan fingerprint density at radius 2 is 2.06 bits per heavy atom. The molecule has 1 fully saturated rings. The normalized spacial score (nSPS) is 17.1. The van der Waals surface area contributed by atoms with Crippen molar-refractivity contribution < 1.29 is 4.79 Å². The predicted molar refractivity (Wildman–Crippen MR) is 70.1 cm³/mol. The molecule has 1 aliphatic rings. The summed E-state index contributed by atoms with van der Waals surface area (Å²) in [4.78, 5) is 12.3. The average molecular weight is 242 g/mol. The van der Waals surface area contributed by atoms with Crippen molar-refractivity contribution in [1.82, 2.24) is 5.32 Å². The van der Waals surface area contributed by atoms with Crippen molar-refractivity contribution in [3.63, 3.8) is 0 Å². The molecule has 0 heterocycles. The minimum absolute atomic E-state index is 0.115. The summed E-state index contributed by atoms with van der Waals surface area (Å²) >= 11 is 0. The number of aryl methyl sites for hydroxylation is 1. The molecule has 0 bridgehead atoms. The summed E-state index contributed by atoms with van der Waals surface area (Å²) in [6.45, 7) is 2.03. The third-order valence-corrected chi connectivity index (χ3v) is 3.67. The quantitative estimate of drug-likeness (QED) is 0.886. The predicted octanol–water partition coefficient (Wildman–Crippen LogP) is 2.82. The average Bonchev–Trinajstić information content (AvgIpc) is 2.87. The molecule has 0 atom stereocenters. The van der Waals surface area contributed by atoms with Gasteiger partial charge < -0.3 is 5.32 Å². The molecule has 1 N–H and O–H groups in total. The van der Waals surface area contributed by atoms with Gasteiger partial charge in [-0.05, 0) is 43.7 Å². The molecular formula is C15H18N2O. The molecule has 1 amide bonds. The zero-order valence-corrected chi connectivity index (χ0v) is 10.7. The molecule has 0 unspecified atom stereocenters. The maximum atomic E-state index is 12.3. The first-order valence-corrected chi connectivity index (χ1v) is 6.52. The first-order valence-electron chi connectivity index (χ1n) is 6.52. The van der Waals surface area contributed by atoms with E-state index in [1.807, 2.05) is 31.2 Å². The molecule has 0 aromatic heterocycles. The third-order valence-electron chi connectivity index (χ3n) is 3.67. The molecule has 0 spiro atoms. The maximum absolute atomic E-state index is 12.3. The number of hydrogen-bond donors (Lipinski definition) is 1. The molecule has 0 saturated heterocycles. The molecule has 0 radical (unpaired) electrons. The molecule has 1 aromatic rings. The van der Waals surface area contributed by atoms with Crippen molar-refractivity contribution in [2.45, 2.75) is 44.6 Å². The maximum Gasteiger partial charge on any atom is 0.252 e. The summed E-state index contributed by atoms with van der Waals surface area (Å²) in [5.74, 6) is -0.115. The largest absolute Gasteiger partial charge is 0.334 e. The molecule has 1 saturated carbocycles. The Kier molecular flexibility index (Phi) is 3.66. The van der Waals surface area contributed by atoms with Gasteiger partial charge in [0, 0.05) is 5.56 Å². The number of carbonyl (C=O) groups excluding carboxylic acids is 1. The Labute approximate surface area is 108 Å². The lowest BCUT2D eigenvalue weighted by molar-refractivity contribution is 0.0920. The number of nitrogens with zero attached hydrogens (tertiary/aromatic N) is 1. The number of nitriles is 1. The zero-order chi connectivity index (χ0) is 13.0. The lowest BCUT2D eigenvalue weighted by Crippen LogP contribution is -2.45. The van der Waals surface area contributed by atoms with Crippen molar-refractivity contribution in [1.29, 1.82) is 5.26 Å². The van der Waals surface area contributed by atoms with E-state index in [0.717, 1.165) is 37.7 Å². The molecule has 3 heteroatoms. The SMILES string of the molecule is CCc1ccccc1C(=O)NC1(C#N)CCCC1. The van der Waals surface area contributed by atoms with Crippen LogP contribution in [0.2, 0.25) is 0 Å². The fourth-order valence-electron chi connectivity index (χ4n) is 2.58. The van der Waals surface area contributed by atoms with Gasteiger partial charge in [0.05, 0.1) is 6.07 Å². The smallest absolute Gasteiger partial charge is 0.252 e. The van der Waals surface area contributed by atoms with Crippen LogP contribution in [-0.4, -0.2) is 11.4 Å². The number of amides is 1. The first kappa shape index (κ1) is 12.6. The van der Waals surface area contributed by atoms with Crippen LogP contribution in [0.3, 0.4) is 0 Å². The van der Waals surface area contributed by atoms with E-state index in [0.29, 0.717) is 5.56 Å². The summed E-state index contributed by atoms with van der Waals surface area (Å²) in [6.07, 6.45) is 4.39. The highest BCUT2D eigenvalue weighted by molar-refractivity contribution is 5.96. The van der Waals surface area contributed by atoms with Crippen LogP contribution in [-0.2, 0) is 6.42 Å². The van der Waals surface area contributed by atoms with Gasteiger partial charge in [0.15, 0.2) is 0 Å². The molecule has 18 heavy (non-hydrogen) atoms. The summed E-state index contributed by atoms with van der Waals surface area (Å²) in [7, 11) is 0. The summed E-state index contributed by atoms with van der Waals surface area (Å²) in [5, 5.41) is 12.2. The van der Waals surface area contributed by atoms with Crippen LogP contribution in [0.15, 0.2) is 24.3 Å². The van der Waals surface area contributed by atoms with Gasteiger partial charge in [-0.3, -0.25) is 4.79 Å². The highest BCUT2D eigenvalue weighted by Crippen LogP contribution is 2.29. The van der Waals surface area contributed by atoms with Crippen LogP contribution in [0.4, 0.5) is 0 Å². The van der Waals surface area contributed by atoms with Crippen LogP contribution in [0.5, 0.6) is 0 Å². The van der Waals surface area contributed by atoms with Crippen LogP contribution in [0.25, 0.3) is 0 Å². The van der Waals surface area contributed by atoms with Gasteiger partial charge >= 0.3 is 0 Å². The molecule has 94 valence electrons. The van der Waals surface area contributed by atoms with E-state index in [1.165, 1.54) is 0 Å². The van der Waals surface area contributed by atoms with E-state index >= 15 is 0 Å². The standard InChI is InChI=1S/C15H18N2O/c1-2-12-7-3-4-8-13(12)14(18)17-15(11-16)9-5-6-10-15/h3-4,7-8H,2,5-6,9-10H2,1H3,(H,17,18). The number of carbonyl (C=O) groups is 1. The van der Waals surface area contributed by atoms with Crippen LogP contribution >= 0.6 is 0 Å². The van der Waals surface area contributed by atoms with Gasteiger partial charge in [-0.15, -0.1) is 0 Å². The molecule has 1 aromatic carbocycles. The number of benzene rings is 1. The summed E-state index contributed by atoms with van der Waals surface area (Å²) in [6, 6.07) is 9.87. The molecule has 3 nitrogen and oxygen atoms in total. The second-order valence-corrected chi connectivity index (χ2v) is 4.87. The fraction of sp³-hybridized carbons (Fsp3) is 0.467. The van der Waals surface area contributed by atoms with Crippen LogP contribution < -0.4 is 5.32 Å². The van der Waals surface area contributed by atoms with Crippen LogP contribution in [0, 0.1) is 11.3 Å².